The first-order chi connectivity index (χ1) is 10.0. The average molecular weight is 293 g/mol. The molecule has 1 aromatic heterocycles. The monoisotopic (exact) mass is 293 g/mol. The Labute approximate surface area is 121 Å². The van der Waals surface area contributed by atoms with Crippen molar-refractivity contribution in [2.75, 3.05) is 13.1 Å². The maximum atomic E-state index is 12.2. The quantitative estimate of drug-likeness (QED) is 0.412. The van der Waals surface area contributed by atoms with Gasteiger partial charge in [-0.2, -0.15) is 5.10 Å². The van der Waals surface area contributed by atoms with Crippen molar-refractivity contribution in [2.24, 2.45) is 11.8 Å². The lowest BCUT2D eigenvalue weighted by Crippen LogP contribution is -2.46. The average Bonchev–Trinajstić information content (AvgIpc) is 2.50. The van der Waals surface area contributed by atoms with Crippen molar-refractivity contribution in [1.82, 2.24) is 20.1 Å². The second-order valence-electron chi connectivity index (χ2n) is 5.13. The molecule has 1 aliphatic heterocycles. The van der Waals surface area contributed by atoms with Crippen LogP contribution in [0.15, 0.2) is 16.9 Å². The number of carbonyl (C=O) groups is 2. The molecular weight excluding hydrogens is 274 g/mol. The summed E-state index contributed by atoms with van der Waals surface area (Å²) in [6, 6.07) is 3.01. The first kappa shape index (κ1) is 15.2. The van der Waals surface area contributed by atoms with Crippen LogP contribution >= 0.6 is 0 Å². The zero-order valence-corrected chi connectivity index (χ0v) is 11.9. The van der Waals surface area contributed by atoms with Crippen molar-refractivity contribution in [1.29, 1.82) is 0 Å². The van der Waals surface area contributed by atoms with E-state index in [1.807, 2.05) is 0 Å². The van der Waals surface area contributed by atoms with Crippen LogP contribution in [0.1, 0.15) is 18.5 Å². The molecule has 0 aliphatic carbocycles. The number of piperidine rings is 1. The van der Waals surface area contributed by atoms with E-state index in [9.17, 15) is 14.4 Å². The third-order valence-corrected chi connectivity index (χ3v) is 3.65. The molecule has 0 saturated carbocycles. The van der Waals surface area contributed by atoms with E-state index in [1.54, 1.807) is 17.9 Å². The third-order valence-electron chi connectivity index (χ3n) is 3.65. The summed E-state index contributed by atoms with van der Waals surface area (Å²) in [7, 11) is 0. The normalized spacial score (nSPS) is 15.8. The molecular formula is C13H19N5O3. The van der Waals surface area contributed by atoms with Crippen LogP contribution in [-0.2, 0) is 16.1 Å². The Bertz CT molecular complexity index is 590. The lowest BCUT2D eigenvalue weighted by molar-refractivity contribution is -0.136. The fourth-order valence-corrected chi connectivity index (χ4v) is 2.40. The molecule has 2 heterocycles. The predicted octanol–water partition coefficient (Wildman–Crippen LogP) is -1.22. The number of nitrogens with zero attached hydrogens (tertiary/aromatic N) is 3. The van der Waals surface area contributed by atoms with E-state index in [4.69, 9.17) is 5.84 Å². The van der Waals surface area contributed by atoms with E-state index in [2.05, 4.69) is 10.5 Å². The Kier molecular flexibility index (Phi) is 4.69. The van der Waals surface area contributed by atoms with E-state index in [-0.39, 0.29) is 29.8 Å². The van der Waals surface area contributed by atoms with Crippen molar-refractivity contribution in [2.45, 2.75) is 26.3 Å². The van der Waals surface area contributed by atoms with Gasteiger partial charge in [-0.15, -0.1) is 0 Å². The number of hydrazine groups is 1. The minimum absolute atomic E-state index is 0.0751. The summed E-state index contributed by atoms with van der Waals surface area (Å²) in [6.07, 6.45) is 1.15. The van der Waals surface area contributed by atoms with Gasteiger partial charge in [0.2, 0.25) is 11.8 Å². The number of carbonyl (C=O) groups excluding carboxylic acids is 2. The first-order valence-corrected chi connectivity index (χ1v) is 6.84. The molecule has 1 aromatic rings. The van der Waals surface area contributed by atoms with Crippen LogP contribution in [0.25, 0.3) is 0 Å². The zero-order valence-electron chi connectivity index (χ0n) is 11.9. The number of aryl methyl sites for hydroxylation is 1. The molecule has 114 valence electrons. The fraction of sp³-hybridized carbons (Fsp3) is 0.538. The molecule has 0 bridgehead atoms. The molecule has 0 aromatic carbocycles. The van der Waals surface area contributed by atoms with E-state index in [1.165, 1.54) is 6.07 Å². The summed E-state index contributed by atoms with van der Waals surface area (Å²) in [5, 5.41) is 4.04. The van der Waals surface area contributed by atoms with Crippen molar-refractivity contribution in [3.05, 3.63) is 28.2 Å². The number of hydrogen-bond donors (Lipinski definition) is 2. The molecule has 1 aliphatic rings. The van der Waals surface area contributed by atoms with Gasteiger partial charge in [0, 0.05) is 25.1 Å². The van der Waals surface area contributed by atoms with Gasteiger partial charge in [0.15, 0.2) is 0 Å². The van der Waals surface area contributed by atoms with Gasteiger partial charge in [0.25, 0.3) is 5.56 Å². The van der Waals surface area contributed by atoms with Gasteiger partial charge in [0.05, 0.1) is 5.69 Å². The van der Waals surface area contributed by atoms with E-state index in [0.29, 0.717) is 31.6 Å². The highest BCUT2D eigenvalue weighted by atomic mass is 16.2. The van der Waals surface area contributed by atoms with Crippen LogP contribution in [0.3, 0.4) is 0 Å². The number of hydrogen-bond acceptors (Lipinski definition) is 5. The van der Waals surface area contributed by atoms with E-state index < -0.39 is 0 Å². The third kappa shape index (κ3) is 3.66. The van der Waals surface area contributed by atoms with Crippen molar-refractivity contribution in [3.8, 4) is 0 Å². The predicted molar refractivity (Wildman–Crippen MR) is 74.9 cm³/mol. The molecule has 0 atom stereocenters. The molecule has 3 N–H and O–H groups in total. The molecule has 21 heavy (non-hydrogen) atoms. The van der Waals surface area contributed by atoms with Crippen LogP contribution in [0.2, 0.25) is 0 Å². The Morgan fingerprint density at radius 2 is 2.05 bits per heavy atom. The minimum atomic E-state index is -0.300. The summed E-state index contributed by atoms with van der Waals surface area (Å²) in [5.41, 5.74) is 2.52. The molecule has 8 nitrogen and oxygen atoms in total. The SMILES string of the molecule is Cc1ccc(=O)n(CC(=O)N2CCC(C(=O)NN)CC2)n1. The van der Waals surface area contributed by atoms with Crippen LogP contribution in [0, 0.1) is 12.8 Å². The van der Waals surface area contributed by atoms with Crippen molar-refractivity contribution < 1.29 is 9.59 Å². The number of nitrogens with one attached hydrogen (secondary N) is 1. The first-order valence-electron chi connectivity index (χ1n) is 6.84. The summed E-state index contributed by atoms with van der Waals surface area (Å²) >= 11 is 0. The van der Waals surface area contributed by atoms with Crippen LogP contribution in [0.5, 0.6) is 0 Å². The van der Waals surface area contributed by atoms with Crippen molar-refractivity contribution >= 4 is 11.8 Å². The lowest BCUT2D eigenvalue weighted by Gasteiger charge is -2.31. The van der Waals surface area contributed by atoms with Gasteiger partial charge < -0.3 is 4.90 Å². The fourth-order valence-electron chi connectivity index (χ4n) is 2.40. The standard InChI is InChI=1S/C13H19N5O3/c1-9-2-3-11(19)18(16-9)8-12(20)17-6-4-10(5-7-17)13(21)15-14/h2-3,10H,4-8,14H2,1H3,(H,15,21). The highest BCUT2D eigenvalue weighted by Crippen LogP contribution is 2.17. The lowest BCUT2D eigenvalue weighted by atomic mass is 9.96. The van der Waals surface area contributed by atoms with Gasteiger partial charge in [-0.3, -0.25) is 19.8 Å². The van der Waals surface area contributed by atoms with Gasteiger partial charge in [-0.25, -0.2) is 10.5 Å². The highest BCUT2D eigenvalue weighted by Gasteiger charge is 2.27. The second kappa shape index (κ2) is 6.49. The molecule has 1 saturated heterocycles. The molecule has 0 spiro atoms. The second-order valence-corrected chi connectivity index (χ2v) is 5.13. The number of likely N-dealkylation sites (tertiary alicyclic amines) is 1. The molecule has 8 heteroatoms. The number of amides is 2. The molecule has 2 amide bonds. The molecule has 1 fully saturated rings. The Balaban J connectivity index is 1.95. The molecule has 0 radical (unpaired) electrons. The molecule has 2 rings (SSSR count). The number of rotatable bonds is 3. The van der Waals surface area contributed by atoms with Crippen LogP contribution in [0.4, 0.5) is 0 Å². The maximum Gasteiger partial charge on any atom is 0.267 e. The van der Waals surface area contributed by atoms with Crippen LogP contribution < -0.4 is 16.8 Å². The van der Waals surface area contributed by atoms with Gasteiger partial charge in [-0.05, 0) is 25.8 Å². The maximum absolute atomic E-state index is 12.2. The van der Waals surface area contributed by atoms with Crippen LogP contribution in [-0.4, -0.2) is 39.6 Å². The summed E-state index contributed by atoms with van der Waals surface area (Å²) < 4.78 is 1.16. The highest BCUT2D eigenvalue weighted by molar-refractivity contribution is 5.79. The summed E-state index contributed by atoms with van der Waals surface area (Å²) in [5.74, 6) is 4.59. The van der Waals surface area contributed by atoms with E-state index >= 15 is 0 Å². The minimum Gasteiger partial charge on any atom is -0.341 e. The molecule has 0 unspecified atom stereocenters. The van der Waals surface area contributed by atoms with Gasteiger partial charge >= 0.3 is 0 Å². The topological polar surface area (TPSA) is 110 Å². The Morgan fingerprint density at radius 1 is 1.38 bits per heavy atom. The van der Waals surface area contributed by atoms with Gasteiger partial charge in [-0.1, -0.05) is 0 Å². The summed E-state index contributed by atoms with van der Waals surface area (Å²) in [6.45, 7) is 2.65. The number of nitrogens with two attached hydrogens (primary N) is 1. The largest absolute Gasteiger partial charge is 0.341 e. The Morgan fingerprint density at radius 3 is 2.67 bits per heavy atom. The number of aromatic nitrogens is 2. The van der Waals surface area contributed by atoms with Crippen molar-refractivity contribution in [3.63, 3.8) is 0 Å². The van der Waals surface area contributed by atoms with Gasteiger partial charge in [0.1, 0.15) is 6.54 Å². The summed E-state index contributed by atoms with van der Waals surface area (Å²) in [4.78, 5) is 36.9. The zero-order chi connectivity index (χ0) is 15.4. The smallest absolute Gasteiger partial charge is 0.267 e. The Hall–Kier alpha value is -2.22. The van der Waals surface area contributed by atoms with E-state index in [0.717, 1.165) is 4.68 Å².